The zero-order valence-electron chi connectivity index (χ0n) is 18.1. The minimum Gasteiger partial charge on any atom is -0.467 e. The lowest BCUT2D eigenvalue weighted by molar-refractivity contribution is -0.132. The summed E-state index contributed by atoms with van der Waals surface area (Å²) in [6.45, 7) is 1.31. The molecule has 0 fully saturated rings. The Labute approximate surface area is 184 Å². The lowest BCUT2D eigenvalue weighted by Crippen LogP contribution is -2.37. The van der Waals surface area contributed by atoms with Gasteiger partial charge in [0, 0.05) is 33.6 Å². The van der Waals surface area contributed by atoms with Crippen LogP contribution in [0.5, 0.6) is 0 Å². The van der Waals surface area contributed by atoms with Crippen molar-refractivity contribution in [3.63, 3.8) is 0 Å². The Morgan fingerprint density at radius 1 is 1.03 bits per heavy atom. The molecule has 9 heteroatoms. The number of imidazole rings is 1. The second-order valence-corrected chi connectivity index (χ2v) is 7.73. The van der Waals surface area contributed by atoms with Gasteiger partial charge in [-0.25, -0.2) is 9.78 Å². The van der Waals surface area contributed by atoms with Gasteiger partial charge >= 0.3 is 5.69 Å². The van der Waals surface area contributed by atoms with Gasteiger partial charge in [0.15, 0.2) is 11.2 Å². The van der Waals surface area contributed by atoms with Crippen molar-refractivity contribution < 1.29 is 9.21 Å². The number of rotatable bonds is 8. The Hall–Kier alpha value is -3.88. The first-order valence-corrected chi connectivity index (χ1v) is 10.4. The molecule has 0 aliphatic rings. The maximum Gasteiger partial charge on any atom is 0.332 e. The van der Waals surface area contributed by atoms with E-state index >= 15 is 0 Å². The molecule has 0 saturated heterocycles. The van der Waals surface area contributed by atoms with Crippen molar-refractivity contribution in [2.45, 2.75) is 32.5 Å². The second kappa shape index (κ2) is 9.09. The summed E-state index contributed by atoms with van der Waals surface area (Å²) in [5.41, 5.74) is 0.928. The first-order valence-electron chi connectivity index (χ1n) is 10.4. The second-order valence-electron chi connectivity index (χ2n) is 7.73. The van der Waals surface area contributed by atoms with Gasteiger partial charge in [-0.3, -0.25) is 18.7 Å². The number of carbonyl (C=O) groups excluding carboxylic acids is 1. The maximum atomic E-state index is 13.0. The fourth-order valence-corrected chi connectivity index (χ4v) is 3.75. The highest BCUT2D eigenvalue weighted by atomic mass is 16.3. The number of nitrogens with zero attached hydrogens (tertiary/aromatic N) is 5. The van der Waals surface area contributed by atoms with Gasteiger partial charge in [-0.1, -0.05) is 30.3 Å². The van der Waals surface area contributed by atoms with Crippen molar-refractivity contribution in [2.75, 3.05) is 0 Å². The summed E-state index contributed by atoms with van der Waals surface area (Å²) < 4.78 is 9.56. The van der Waals surface area contributed by atoms with E-state index in [2.05, 4.69) is 4.98 Å². The van der Waals surface area contributed by atoms with Crippen LogP contribution in [0.2, 0.25) is 0 Å². The van der Waals surface area contributed by atoms with Gasteiger partial charge in [-0.15, -0.1) is 0 Å². The molecule has 0 aliphatic carbocycles. The predicted molar refractivity (Wildman–Crippen MR) is 119 cm³/mol. The molecule has 9 nitrogen and oxygen atoms in total. The molecular weight excluding hydrogens is 410 g/mol. The van der Waals surface area contributed by atoms with Crippen LogP contribution in [0, 0.1) is 0 Å². The molecule has 32 heavy (non-hydrogen) atoms. The summed E-state index contributed by atoms with van der Waals surface area (Å²) >= 11 is 0. The lowest BCUT2D eigenvalue weighted by Gasteiger charge is -2.22. The van der Waals surface area contributed by atoms with Crippen molar-refractivity contribution in [1.29, 1.82) is 0 Å². The highest BCUT2D eigenvalue weighted by Crippen LogP contribution is 2.14. The number of benzene rings is 1. The summed E-state index contributed by atoms with van der Waals surface area (Å²) in [6.07, 6.45) is 3.97. The van der Waals surface area contributed by atoms with Crippen LogP contribution < -0.4 is 11.2 Å². The Bertz CT molecular complexity index is 1330. The zero-order chi connectivity index (χ0) is 22.7. The van der Waals surface area contributed by atoms with Gasteiger partial charge < -0.3 is 13.9 Å². The van der Waals surface area contributed by atoms with E-state index in [9.17, 15) is 14.4 Å². The summed E-state index contributed by atoms with van der Waals surface area (Å²) in [4.78, 5) is 43.7. The molecule has 0 spiro atoms. The molecule has 1 amide bonds. The number of aryl methyl sites for hydroxylation is 2. The van der Waals surface area contributed by atoms with Crippen molar-refractivity contribution in [2.24, 2.45) is 14.1 Å². The number of furan rings is 1. The highest BCUT2D eigenvalue weighted by molar-refractivity contribution is 5.76. The van der Waals surface area contributed by atoms with Crippen molar-refractivity contribution in [3.05, 3.63) is 87.2 Å². The largest absolute Gasteiger partial charge is 0.467 e. The first-order chi connectivity index (χ1) is 15.5. The van der Waals surface area contributed by atoms with Gasteiger partial charge in [-0.2, -0.15) is 0 Å². The van der Waals surface area contributed by atoms with E-state index in [0.29, 0.717) is 43.6 Å². The third-order valence-corrected chi connectivity index (χ3v) is 5.50. The molecule has 0 radical (unpaired) electrons. The van der Waals surface area contributed by atoms with Gasteiger partial charge in [0.2, 0.25) is 5.91 Å². The Kier molecular flexibility index (Phi) is 6.07. The van der Waals surface area contributed by atoms with E-state index in [1.54, 1.807) is 35.2 Å². The Balaban J connectivity index is 1.47. The van der Waals surface area contributed by atoms with Crippen LogP contribution in [0.1, 0.15) is 24.2 Å². The van der Waals surface area contributed by atoms with Crippen LogP contribution in [-0.4, -0.2) is 29.5 Å². The van der Waals surface area contributed by atoms with Crippen LogP contribution in [0.15, 0.2) is 69.1 Å². The minimum absolute atomic E-state index is 0.00465. The molecule has 0 aliphatic heterocycles. The summed E-state index contributed by atoms with van der Waals surface area (Å²) in [6, 6.07) is 13.5. The van der Waals surface area contributed by atoms with E-state index < -0.39 is 11.2 Å². The van der Waals surface area contributed by atoms with Crippen LogP contribution in [-0.2, 0) is 38.5 Å². The summed E-state index contributed by atoms with van der Waals surface area (Å²) in [7, 11) is 3.03. The van der Waals surface area contributed by atoms with Crippen LogP contribution in [0.3, 0.4) is 0 Å². The molecule has 0 bridgehead atoms. The van der Waals surface area contributed by atoms with Gasteiger partial charge in [0.1, 0.15) is 5.76 Å². The molecule has 4 aromatic rings. The number of aromatic nitrogens is 4. The predicted octanol–water partition coefficient (Wildman–Crippen LogP) is 2.04. The average Bonchev–Trinajstić information content (AvgIpc) is 3.46. The summed E-state index contributed by atoms with van der Waals surface area (Å²) in [5, 5.41) is 0. The number of hydrogen-bond donors (Lipinski definition) is 0. The third-order valence-electron chi connectivity index (χ3n) is 5.50. The van der Waals surface area contributed by atoms with E-state index in [-0.39, 0.29) is 5.91 Å². The standard InChI is InChI=1S/C23H25N5O4/c1-25-21-20(22(30)26(2)23(25)31)27(16-24-21)12-6-11-19(29)28(15-18-10-7-13-32-18)14-17-8-4-3-5-9-17/h3-5,7-10,13,16H,6,11-12,14-15H2,1-2H3. The Morgan fingerprint density at radius 2 is 1.81 bits per heavy atom. The van der Waals surface area contributed by atoms with Gasteiger partial charge in [0.05, 0.1) is 19.1 Å². The number of hydrogen-bond acceptors (Lipinski definition) is 5. The van der Waals surface area contributed by atoms with Crippen molar-refractivity contribution in [3.8, 4) is 0 Å². The molecular formula is C23H25N5O4. The molecule has 0 saturated carbocycles. The van der Waals surface area contributed by atoms with Gasteiger partial charge in [0.25, 0.3) is 5.56 Å². The molecule has 166 valence electrons. The zero-order valence-corrected chi connectivity index (χ0v) is 18.1. The smallest absolute Gasteiger partial charge is 0.332 e. The average molecular weight is 435 g/mol. The van der Waals surface area contributed by atoms with E-state index in [0.717, 1.165) is 15.9 Å². The lowest BCUT2D eigenvalue weighted by atomic mass is 10.2. The highest BCUT2D eigenvalue weighted by Gasteiger charge is 2.17. The molecule has 0 unspecified atom stereocenters. The van der Waals surface area contributed by atoms with Crippen LogP contribution >= 0.6 is 0 Å². The van der Waals surface area contributed by atoms with Crippen LogP contribution in [0.4, 0.5) is 0 Å². The Morgan fingerprint density at radius 3 is 2.53 bits per heavy atom. The fourth-order valence-electron chi connectivity index (χ4n) is 3.75. The normalized spacial score (nSPS) is 11.2. The third kappa shape index (κ3) is 4.27. The number of fused-ring (bicyclic) bond motifs is 1. The molecule has 1 aromatic carbocycles. The first kappa shape index (κ1) is 21.4. The van der Waals surface area contributed by atoms with Crippen molar-refractivity contribution in [1.82, 2.24) is 23.6 Å². The van der Waals surface area contributed by atoms with E-state index in [1.807, 2.05) is 36.4 Å². The van der Waals surface area contributed by atoms with Gasteiger partial charge in [-0.05, 0) is 24.1 Å². The molecule has 0 N–H and O–H groups in total. The monoisotopic (exact) mass is 435 g/mol. The summed E-state index contributed by atoms with van der Waals surface area (Å²) in [5.74, 6) is 0.717. The van der Waals surface area contributed by atoms with E-state index in [4.69, 9.17) is 4.42 Å². The topological polar surface area (TPSA) is 95.3 Å². The molecule has 3 heterocycles. The molecule has 0 atom stereocenters. The van der Waals surface area contributed by atoms with Crippen LogP contribution in [0.25, 0.3) is 11.2 Å². The number of carbonyl (C=O) groups is 1. The molecule has 3 aromatic heterocycles. The van der Waals surface area contributed by atoms with Crippen molar-refractivity contribution >= 4 is 17.1 Å². The van der Waals surface area contributed by atoms with E-state index in [1.165, 1.54) is 11.6 Å². The molecule has 4 rings (SSSR count). The fraction of sp³-hybridized carbons (Fsp3) is 0.304. The minimum atomic E-state index is -0.419. The number of amides is 1. The maximum absolute atomic E-state index is 13.0. The SMILES string of the molecule is Cn1c(=O)c2c(ncn2CCCC(=O)N(Cc2ccccc2)Cc2ccco2)n(C)c1=O. The quantitative estimate of drug-likeness (QED) is 0.422.